The summed E-state index contributed by atoms with van der Waals surface area (Å²) in [5, 5.41) is 0.362. The molecule has 0 saturated heterocycles. The summed E-state index contributed by atoms with van der Waals surface area (Å²) in [6.07, 6.45) is 0. The standard InChI is InChI=1S/C15H9F2NO4S/c16-11-2-1-3-12(17)15(11)18-23(20,21)10-5-6-13-9(8-10)4-7-14(19)22-13/h1-8,18H. The highest BCUT2D eigenvalue weighted by Crippen LogP contribution is 2.24. The maximum Gasteiger partial charge on any atom is 0.336 e. The predicted molar refractivity (Wildman–Crippen MR) is 79.7 cm³/mol. The monoisotopic (exact) mass is 337 g/mol. The second-order valence-electron chi connectivity index (χ2n) is 4.66. The summed E-state index contributed by atoms with van der Waals surface area (Å²) in [5.41, 5.74) is -1.12. The maximum atomic E-state index is 13.6. The van der Waals surface area contributed by atoms with E-state index in [4.69, 9.17) is 4.42 Å². The Hall–Kier alpha value is -2.74. The smallest absolute Gasteiger partial charge is 0.336 e. The van der Waals surface area contributed by atoms with Gasteiger partial charge in [-0.15, -0.1) is 0 Å². The highest BCUT2D eigenvalue weighted by atomic mass is 32.2. The summed E-state index contributed by atoms with van der Waals surface area (Å²) >= 11 is 0. The number of halogens is 2. The van der Waals surface area contributed by atoms with E-state index in [0.717, 1.165) is 24.3 Å². The summed E-state index contributed by atoms with van der Waals surface area (Å²) in [7, 11) is -4.21. The van der Waals surface area contributed by atoms with Gasteiger partial charge >= 0.3 is 5.63 Å². The van der Waals surface area contributed by atoms with Crippen molar-refractivity contribution in [2.75, 3.05) is 4.72 Å². The van der Waals surface area contributed by atoms with Gasteiger partial charge in [0.05, 0.1) is 4.90 Å². The van der Waals surface area contributed by atoms with E-state index in [9.17, 15) is 22.0 Å². The fourth-order valence-corrected chi connectivity index (χ4v) is 3.12. The number of sulfonamides is 1. The topological polar surface area (TPSA) is 76.4 Å². The van der Waals surface area contributed by atoms with Crippen molar-refractivity contribution >= 4 is 26.7 Å². The molecular formula is C15H9F2NO4S. The van der Waals surface area contributed by atoms with Crippen LogP contribution in [0.4, 0.5) is 14.5 Å². The van der Waals surface area contributed by atoms with E-state index in [0.29, 0.717) is 5.39 Å². The van der Waals surface area contributed by atoms with E-state index in [1.54, 1.807) is 0 Å². The minimum absolute atomic E-state index is 0.202. The van der Waals surface area contributed by atoms with E-state index in [2.05, 4.69) is 0 Å². The third-order valence-electron chi connectivity index (χ3n) is 3.10. The molecule has 0 aliphatic carbocycles. The number of anilines is 1. The third kappa shape index (κ3) is 2.93. The van der Waals surface area contributed by atoms with Crippen LogP contribution < -0.4 is 10.3 Å². The highest BCUT2D eigenvalue weighted by molar-refractivity contribution is 7.92. The lowest BCUT2D eigenvalue weighted by Gasteiger charge is -2.10. The van der Waals surface area contributed by atoms with E-state index in [-0.39, 0.29) is 10.5 Å². The van der Waals surface area contributed by atoms with Crippen molar-refractivity contribution in [1.82, 2.24) is 0 Å². The zero-order chi connectivity index (χ0) is 16.6. The first-order chi connectivity index (χ1) is 10.9. The molecule has 0 saturated carbocycles. The number of rotatable bonds is 3. The molecule has 0 atom stereocenters. The van der Waals surface area contributed by atoms with Gasteiger partial charge in [0.25, 0.3) is 10.0 Å². The van der Waals surface area contributed by atoms with Crippen molar-refractivity contribution in [3.63, 3.8) is 0 Å². The Bertz CT molecular complexity index is 1040. The second kappa shape index (κ2) is 5.47. The number of hydrogen-bond donors (Lipinski definition) is 1. The molecule has 3 rings (SSSR count). The quantitative estimate of drug-likeness (QED) is 0.746. The van der Waals surface area contributed by atoms with Crippen molar-refractivity contribution in [3.05, 3.63) is 70.6 Å². The average molecular weight is 337 g/mol. The Morgan fingerprint density at radius 3 is 2.35 bits per heavy atom. The van der Waals surface area contributed by atoms with Crippen molar-refractivity contribution in [2.24, 2.45) is 0 Å². The normalized spacial score (nSPS) is 11.6. The lowest BCUT2D eigenvalue weighted by Crippen LogP contribution is -2.15. The molecule has 1 aromatic heterocycles. The van der Waals surface area contributed by atoms with E-state index in [1.165, 1.54) is 24.3 Å². The van der Waals surface area contributed by atoms with Crippen LogP contribution in [0.3, 0.4) is 0 Å². The van der Waals surface area contributed by atoms with Gasteiger partial charge in [0, 0.05) is 11.5 Å². The molecule has 8 heteroatoms. The first-order valence-electron chi connectivity index (χ1n) is 6.37. The maximum absolute atomic E-state index is 13.6. The molecular weight excluding hydrogens is 328 g/mol. The van der Waals surface area contributed by atoms with Gasteiger partial charge in [-0.3, -0.25) is 4.72 Å². The fraction of sp³-hybridized carbons (Fsp3) is 0. The van der Waals surface area contributed by atoms with Gasteiger partial charge in [-0.1, -0.05) is 6.07 Å². The SMILES string of the molecule is O=c1ccc2cc(S(=O)(=O)Nc3c(F)cccc3F)ccc2o1. The van der Waals surface area contributed by atoms with Gasteiger partial charge in [-0.05, 0) is 36.4 Å². The molecule has 0 amide bonds. The zero-order valence-electron chi connectivity index (χ0n) is 11.4. The molecule has 0 bridgehead atoms. The molecule has 0 aliphatic heterocycles. The minimum Gasteiger partial charge on any atom is -0.423 e. The van der Waals surface area contributed by atoms with Crippen LogP contribution in [0.1, 0.15) is 0 Å². The zero-order valence-corrected chi connectivity index (χ0v) is 12.2. The number of hydrogen-bond acceptors (Lipinski definition) is 4. The van der Waals surface area contributed by atoms with Gasteiger partial charge < -0.3 is 4.42 Å². The van der Waals surface area contributed by atoms with Crippen molar-refractivity contribution in [2.45, 2.75) is 4.90 Å². The van der Waals surface area contributed by atoms with Crippen LogP contribution in [0, 0.1) is 11.6 Å². The van der Waals surface area contributed by atoms with Crippen molar-refractivity contribution in [1.29, 1.82) is 0 Å². The summed E-state index contributed by atoms with van der Waals surface area (Å²) in [6.45, 7) is 0. The van der Waals surface area contributed by atoms with E-state index < -0.39 is 33.0 Å². The van der Waals surface area contributed by atoms with Crippen molar-refractivity contribution < 1.29 is 21.6 Å². The Kier molecular flexibility index (Phi) is 3.61. The minimum atomic E-state index is -4.21. The van der Waals surface area contributed by atoms with Crippen LogP contribution in [0.25, 0.3) is 11.0 Å². The van der Waals surface area contributed by atoms with Crippen LogP contribution in [0.2, 0.25) is 0 Å². The fourth-order valence-electron chi connectivity index (χ4n) is 2.01. The molecule has 0 aliphatic rings. The second-order valence-corrected chi connectivity index (χ2v) is 6.34. The molecule has 2 aromatic carbocycles. The first-order valence-corrected chi connectivity index (χ1v) is 7.86. The Morgan fingerprint density at radius 1 is 0.957 bits per heavy atom. The largest absolute Gasteiger partial charge is 0.423 e. The Labute approximate surface area is 129 Å². The lowest BCUT2D eigenvalue weighted by molar-refractivity contribution is 0.560. The molecule has 0 spiro atoms. The molecule has 0 unspecified atom stereocenters. The van der Waals surface area contributed by atoms with Gasteiger partial charge in [0.1, 0.15) is 22.9 Å². The van der Waals surface area contributed by atoms with Gasteiger partial charge in [0.15, 0.2) is 0 Å². The molecule has 1 heterocycles. The van der Waals surface area contributed by atoms with Crippen LogP contribution >= 0.6 is 0 Å². The number of fused-ring (bicyclic) bond motifs is 1. The molecule has 1 N–H and O–H groups in total. The van der Waals surface area contributed by atoms with Crippen LogP contribution in [-0.4, -0.2) is 8.42 Å². The van der Waals surface area contributed by atoms with Crippen LogP contribution in [0.15, 0.2) is 62.6 Å². The highest BCUT2D eigenvalue weighted by Gasteiger charge is 2.19. The molecule has 0 fully saturated rings. The van der Waals surface area contributed by atoms with Gasteiger partial charge in [-0.25, -0.2) is 22.0 Å². The van der Waals surface area contributed by atoms with E-state index >= 15 is 0 Å². The summed E-state index contributed by atoms with van der Waals surface area (Å²) in [4.78, 5) is 10.9. The Balaban J connectivity index is 2.06. The molecule has 3 aromatic rings. The van der Waals surface area contributed by atoms with Crippen LogP contribution in [-0.2, 0) is 10.0 Å². The molecule has 23 heavy (non-hydrogen) atoms. The molecule has 0 radical (unpaired) electrons. The van der Waals surface area contributed by atoms with Gasteiger partial charge in [0.2, 0.25) is 0 Å². The van der Waals surface area contributed by atoms with Gasteiger partial charge in [-0.2, -0.15) is 0 Å². The number of nitrogens with one attached hydrogen (secondary N) is 1. The average Bonchev–Trinajstić information content (AvgIpc) is 2.50. The van der Waals surface area contributed by atoms with Crippen molar-refractivity contribution in [3.8, 4) is 0 Å². The summed E-state index contributed by atoms with van der Waals surface area (Å²) in [5.74, 6) is -2.05. The summed E-state index contributed by atoms with van der Waals surface area (Å²) in [6, 6.07) is 9.24. The number of benzene rings is 2. The third-order valence-corrected chi connectivity index (χ3v) is 4.45. The lowest BCUT2D eigenvalue weighted by atomic mass is 10.2. The summed E-state index contributed by atoms with van der Waals surface area (Å²) < 4.78 is 58.5. The number of para-hydroxylation sites is 1. The van der Waals surface area contributed by atoms with Crippen LogP contribution in [0.5, 0.6) is 0 Å². The first kappa shape index (κ1) is 15.2. The predicted octanol–water partition coefficient (Wildman–Crippen LogP) is 2.87. The molecule has 5 nitrogen and oxygen atoms in total. The van der Waals surface area contributed by atoms with E-state index in [1.807, 2.05) is 4.72 Å². The Morgan fingerprint density at radius 2 is 1.65 bits per heavy atom. The molecule has 118 valence electrons.